The van der Waals surface area contributed by atoms with Crippen LogP contribution in [0.2, 0.25) is 0 Å². The maximum atomic E-state index is 11.9. The molecule has 0 fully saturated rings. The topological polar surface area (TPSA) is 89.7 Å². The number of hydrogen-bond acceptors (Lipinski definition) is 5. The number of benzene rings is 1. The van der Waals surface area contributed by atoms with Crippen molar-refractivity contribution in [3.05, 3.63) is 35.4 Å². The zero-order valence-electron chi connectivity index (χ0n) is 11.0. The third-order valence-electron chi connectivity index (χ3n) is 3.03. The highest BCUT2D eigenvalue weighted by Gasteiger charge is 2.38. The molecular formula is C14H16N2O4. The Morgan fingerprint density at radius 2 is 1.65 bits per heavy atom. The maximum Gasteiger partial charge on any atom is 0.333 e. The number of carbonyl (C=O) groups is 3. The van der Waals surface area contributed by atoms with Gasteiger partial charge in [0, 0.05) is 6.42 Å². The summed E-state index contributed by atoms with van der Waals surface area (Å²) in [6.07, 6.45) is 2.43. The van der Waals surface area contributed by atoms with E-state index >= 15 is 0 Å². The van der Waals surface area contributed by atoms with Gasteiger partial charge in [-0.2, -0.15) is 0 Å². The predicted octanol–water partition coefficient (Wildman–Crippen LogP) is 1.26. The molecule has 0 saturated heterocycles. The quantitative estimate of drug-likeness (QED) is 0.624. The van der Waals surface area contributed by atoms with Gasteiger partial charge in [0.2, 0.25) is 0 Å². The van der Waals surface area contributed by atoms with Crippen molar-refractivity contribution in [1.29, 1.82) is 0 Å². The van der Waals surface area contributed by atoms with Crippen LogP contribution in [0.5, 0.6) is 0 Å². The average molecular weight is 276 g/mol. The van der Waals surface area contributed by atoms with Crippen LogP contribution in [0.25, 0.3) is 0 Å². The highest BCUT2D eigenvalue weighted by molar-refractivity contribution is 6.20. The number of hydroxylamine groups is 2. The van der Waals surface area contributed by atoms with Crippen molar-refractivity contribution in [3.63, 3.8) is 0 Å². The SMILES string of the molecule is NCCCCCC(=O)ON1C(=O)c2ccccc2C1=O. The Bertz CT molecular complexity index is 507. The predicted molar refractivity (Wildman–Crippen MR) is 70.6 cm³/mol. The molecule has 1 aromatic rings. The van der Waals surface area contributed by atoms with Crippen LogP contribution in [-0.4, -0.2) is 29.4 Å². The van der Waals surface area contributed by atoms with E-state index in [0.717, 1.165) is 12.8 Å². The lowest BCUT2D eigenvalue weighted by atomic mass is 10.1. The van der Waals surface area contributed by atoms with Crippen molar-refractivity contribution in [2.24, 2.45) is 5.73 Å². The molecule has 1 aliphatic rings. The number of fused-ring (bicyclic) bond motifs is 1. The van der Waals surface area contributed by atoms with E-state index in [4.69, 9.17) is 10.6 Å². The smallest absolute Gasteiger partial charge is 0.330 e. The fourth-order valence-electron chi connectivity index (χ4n) is 1.99. The van der Waals surface area contributed by atoms with Gasteiger partial charge >= 0.3 is 5.97 Å². The number of hydrogen-bond donors (Lipinski definition) is 1. The van der Waals surface area contributed by atoms with Gasteiger partial charge in [0.05, 0.1) is 11.1 Å². The molecule has 0 spiro atoms. The second-order valence-corrected chi connectivity index (χ2v) is 4.51. The lowest BCUT2D eigenvalue weighted by Gasteiger charge is -2.12. The molecule has 0 radical (unpaired) electrons. The molecule has 0 saturated carbocycles. The van der Waals surface area contributed by atoms with E-state index in [0.29, 0.717) is 18.0 Å². The van der Waals surface area contributed by atoms with Gasteiger partial charge in [0.1, 0.15) is 0 Å². The average Bonchev–Trinajstić information content (AvgIpc) is 2.69. The Morgan fingerprint density at radius 1 is 1.05 bits per heavy atom. The lowest BCUT2D eigenvalue weighted by Crippen LogP contribution is -2.32. The van der Waals surface area contributed by atoms with Crippen LogP contribution in [0, 0.1) is 0 Å². The van der Waals surface area contributed by atoms with Crippen molar-refractivity contribution in [1.82, 2.24) is 5.06 Å². The van der Waals surface area contributed by atoms with Crippen LogP contribution in [0.15, 0.2) is 24.3 Å². The largest absolute Gasteiger partial charge is 0.333 e. The van der Waals surface area contributed by atoms with E-state index in [1.807, 2.05) is 0 Å². The third-order valence-corrected chi connectivity index (χ3v) is 3.03. The highest BCUT2D eigenvalue weighted by atomic mass is 16.7. The van der Waals surface area contributed by atoms with E-state index in [1.54, 1.807) is 12.1 Å². The van der Waals surface area contributed by atoms with Crippen LogP contribution in [0.1, 0.15) is 46.4 Å². The second-order valence-electron chi connectivity index (χ2n) is 4.51. The normalized spacial score (nSPS) is 13.6. The monoisotopic (exact) mass is 276 g/mol. The Morgan fingerprint density at radius 3 is 2.20 bits per heavy atom. The summed E-state index contributed by atoms with van der Waals surface area (Å²) in [5.41, 5.74) is 5.86. The van der Waals surface area contributed by atoms with Crippen LogP contribution >= 0.6 is 0 Å². The summed E-state index contributed by atoms with van der Waals surface area (Å²) >= 11 is 0. The molecule has 0 unspecified atom stereocenters. The van der Waals surface area contributed by atoms with E-state index in [-0.39, 0.29) is 17.5 Å². The second kappa shape index (κ2) is 6.29. The number of nitrogens with zero attached hydrogens (tertiary/aromatic N) is 1. The molecule has 2 N–H and O–H groups in total. The fourth-order valence-corrected chi connectivity index (χ4v) is 1.99. The number of rotatable bonds is 6. The Hall–Kier alpha value is -2.21. The number of imide groups is 1. The molecular weight excluding hydrogens is 260 g/mol. The molecule has 106 valence electrons. The fraction of sp³-hybridized carbons (Fsp3) is 0.357. The summed E-state index contributed by atoms with van der Waals surface area (Å²) in [4.78, 5) is 40.3. The summed E-state index contributed by atoms with van der Waals surface area (Å²) in [5.74, 6) is -1.78. The van der Waals surface area contributed by atoms with Gasteiger partial charge in [0.15, 0.2) is 0 Å². The van der Waals surface area contributed by atoms with E-state index in [9.17, 15) is 14.4 Å². The Labute approximate surface area is 116 Å². The molecule has 0 aliphatic carbocycles. The number of carbonyl (C=O) groups excluding carboxylic acids is 3. The van der Waals surface area contributed by atoms with E-state index in [2.05, 4.69) is 0 Å². The number of unbranched alkanes of at least 4 members (excludes halogenated alkanes) is 2. The van der Waals surface area contributed by atoms with Crippen LogP contribution in [0.3, 0.4) is 0 Å². The first-order chi connectivity index (χ1) is 9.65. The van der Waals surface area contributed by atoms with Crippen molar-refractivity contribution < 1.29 is 19.2 Å². The molecule has 0 aromatic heterocycles. The third kappa shape index (κ3) is 2.85. The van der Waals surface area contributed by atoms with Gasteiger partial charge in [-0.3, -0.25) is 9.59 Å². The van der Waals surface area contributed by atoms with Crippen molar-refractivity contribution in [2.45, 2.75) is 25.7 Å². The molecule has 2 amide bonds. The van der Waals surface area contributed by atoms with Crippen LogP contribution in [0.4, 0.5) is 0 Å². The minimum absolute atomic E-state index is 0.160. The first kappa shape index (κ1) is 14.2. The zero-order chi connectivity index (χ0) is 14.5. The summed E-state index contributed by atoms with van der Waals surface area (Å²) < 4.78 is 0. The van der Waals surface area contributed by atoms with Gasteiger partial charge < -0.3 is 10.6 Å². The summed E-state index contributed by atoms with van der Waals surface area (Å²) in [5, 5.41) is 0.538. The summed E-state index contributed by atoms with van der Waals surface area (Å²) in [6.45, 7) is 0.577. The van der Waals surface area contributed by atoms with Crippen molar-refractivity contribution >= 4 is 17.8 Å². The van der Waals surface area contributed by atoms with Gasteiger partial charge in [-0.1, -0.05) is 23.6 Å². The highest BCUT2D eigenvalue weighted by Crippen LogP contribution is 2.22. The summed E-state index contributed by atoms with van der Waals surface area (Å²) in [7, 11) is 0. The molecule has 20 heavy (non-hydrogen) atoms. The van der Waals surface area contributed by atoms with Crippen LogP contribution < -0.4 is 5.73 Å². The Balaban J connectivity index is 1.93. The summed E-state index contributed by atoms with van der Waals surface area (Å²) in [6, 6.07) is 6.37. The Kier molecular flexibility index (Phi) is 4.47. The number of amides is 2. The van der Waals surface area contributed by atoms with Gasteiger partial charge in [-0.05, 0) is 31.5 Å². The lowest BCUT2D eigenvalue weighted by molar-refractivity contribution is -0.168. The van der Waals surface area contributed by atoms with Crippen molar-refractivity contribution in [3.8, 4) is 0 Å². The molecule has 1 aromatic carbocycles. The molecule has 6 nitrogen and oxygen atoms in total. The first-order valence-corrected chi connectivity index (χ1v) is 6.54. The minimum Gasteiger partial charge on any atom is -0.330 e. The minimum atomic E-state index is -0.596. The van der Waals surface area contributed by atoms with Gasteiger partial charge in [-0.25, -0.2) is 4.79 Å². The molecule has 0 atom stereocenters. The van der Waals surface area contributed by atoms with Gasteiger partial charge in [0.25, 0.3) is 11.8 Å². The standard InChI is InChI=1S/C14H16N2O4/c15-9-5-1-2-8-12(17)20-16-13(18)10-6-3-4-7-11(10)14(16)19/h3-4,6-7H,1-2,5,8-9,15H2. The maximum absolute atomic E-state index is 11.9. The van der Waals surface area contributed by atoms with Gasteiger partial charge in [-0.15, -0.1) is 0 Å². The van der Waals surface area contributed by atoms with Crippen molar-refractivity contribution in [2.75, 3.05) is 6.54 Å². The molecule has 0 bridgehead atoms. The molecule has 1 aliphatic heterocycles. The molecule has 2 rings (SSSR count). The number of nitrogens with two attached hydrogens (primary N) is 1. The van der Waals surface area contributed by atoms with E-state index in [1.165, 1.54) is 12.1 Å². The molecule has 6 heteroatoms. The first-order valence-electron chi connectivity index (χ1n) is 6.54. The van der Waals surface area contributed by atoms with E-state index < -0.39 is 17.8 Å². The molecule has 1 heterocycles. The van der Waals surface area contributed by atoms with Crippen LogP contribution in [-0.2, 0) is 9.63 Å². The zero-order valence-corrected chi connectivity index (χ0v) is 11.0.